The summed E-state index contributed by atoms with van der Waals surface area (Å²) in [6, 6.07) is 0.662. The van der Waals surface area contributed by atoms with Crippen molar-refractivity contribution < 1.29 is 29.4 Å². The van der Waals surface area contributed by atoms with E-state index in [1.165, 1.54) is 5.71 Å². The minimum Gasteiger partial charge on any atom is -1.00 e. The maximum atomic E-state index is 4.19. The van der Waals surface area contributed by atoms with E-state index < -0.39 is 0 Å². The number of hydrogen-bond acceptors (Lipinski definition) is 1. The van der Waals surface area contributed by atoms with Crippen molar-refractivity contribution in [1.82, 2.24) is 0 Å². The monoisotopic (exact) mass is 240 g/mol. The summed E-state index contributed by atoms with van der Waals surface area (Å²) in [7, 11) is 0. The Kier molecular flexibility index (Phi) is 3.65. The Balaban J connectivity index is 0.000000640. The Bertz CT molecular complexity index is 122. The number of rotatable bonds is 0. The molecule has 0 aromatic carbocycles. The minimum atomic E-state index is 0. The number of nitrogens with zero attached hydrogens (tertiary/aromatic N) is 1. The highest BCUT2D eigenvalue weighted by molar-refractivity contribution is 5.84. The van der Waals surface area contributed by atoms with Gasteiger partial charge in [-0.2, -0.15) is 0 Å². The van der Waals surface area contributed by atoms with Gasteiger partial charge in [0.1, 0.15) is 6.04 Å². The molecule has 0 fully saturated rings. The van der Waals surface area contributed by atoms with E-state index in [9.17, 15) is 0 Å². The molecule has 0 aliphatic carbocycles. The summed E-state index contributed by atoms with van der Waals surface area (Å²) in [6.07, 6.45) is 0. The van der Waals surface area contributed by atoms with Crippen molar-refractivity contribution in [3.63, 3.8) is 0 Å². The van der Waals surface area contributed by atoms with Crippen LogP contribution in [-0.4, -0.2) is 11.8 Å². The average Bonchev–Trinajstić information content (AvgIpc) is 1.98. The fourth-order valence-electron chi connectivity index (χ4n) is 0.862. The smallest absolute Gasteiger partial charge is 0.115 e. The first-order valence-electron chi connectivity index (χ1n) is 3.09. The van der Waals surface area contributed by atoms with Crippen LogP contribution in [-0.2, 0) is 0 Å². The SMILES string of the molecule is CC1=N[NH2+]C(C)C1C.[I-]. The molecule has 0 bridgehead atoms. The van der Waals surface area contributed by atoms with Crippen LogP contribution in [0.2, 0.25) is 0 Å². The number of hydrogen-bond donors (Lipinski definition) is 1. The second-order valence-corrected chi connectivity index (χ2v) is 2.57. The predicted octanol–water partition coefficient (Wildman–Crippen LogP) is -3.03. The van der Waals surface area contributed by atoms with E-state index in [-0.39, 0.29) is 24.0 Å². The van der Waals surface area contributed by atoms with Crippen LogP contribution in [0.25, 0.3) is 0 Å². The van der Waals surface area contributed by atoms with E-state index in [0.29, 0.717) is 12.0 Å². The first-order chi connectivity index (χ1) is 3.72. The van der Waals surface area contributed by atoms with Crippen LogP contribution in [0.5, 0.6) is 0 Å². The minimum absolute atomic E-state index is 0. The van der Waals surface area contributed by atoms with Gasteiger partial charge >= 0.3 is 0 Å². The lowest BCUT2D eigenvalue weighted by molar-refractivity contribution is -0.686. The number of halogens is 1. The maximum Gasteiger partial charge on any atom is 0.115 e. The number of nitrogens with two attached hydrogens (primary N) is 1. The Labute approximate surface area is 73.1 Å². The van der Waals surface area contributed by atoms with Crippen molar-refractivity contribution in [3.8, 4) is 0 Å². The highest BCUT2D eigenvalue weighted by Crippen LogP contribution is 2.04. The van der Waals surface area contributed by atoms with Crippen molar-refractivity contribution in [1.29, 1.82) is 0 Å². The molecule has 1 heterocycles. The van der Waals surface area contributed by atoms with Crippen molar-refractivity contribution in [2.24, 2.45) is 11.0 Å². The molecule has 0 aromatic rings. The molecule has 0 spiro atoms. The molecule has 0 saturated heterocycles. The Morgan fingerprint density at radius 3 is 2.11 bits per heavy atom. The zero-order chi connectivity index (χ0) is 6.15. The highest BCUT2D eigenvalue weighted by Gasteiger charge is 2.24. The van der Waals surface area contributed by atoms with Gasteiger partial charge in [-0.05, 0) is 13.8 Å². The summed E-state index contributed by atoms with van der Waals surface area (Å²) in [5, 5.41) is 4.19. The van der Waals surface area contributed by atoms with Gasteiger partial charge in [-0.3, -0.25) is 0 Å². The molecule has 2 unspecified atom stereocenters. The lowest BCUT2D eigenvalue weighted by Crippen LogP contribution is -3.00. The quantitative estimate of drug-likeness (QED) is 0.345. The van der Waals surface area contributed by atoms with E-state index in [1.54, 1.807) is 0 Å². The van der Waals surface area contributed by atoms with Crippen LogP contribution >= 0.6 is 0 Å². The van der Waals surface area contributed by atoms with Gasteiger partial charge in [0, 0.05) is 0 Å². The fourth-order valence-corrected chi connectivity index (χ4v) is 0.862. The van der Waals surface area contributed by atoms with Crippen molar-refractivity contribution in [3.05, 3.63) is 0 Å². The summed E-state index contributed by atoms with van der Waals surface area (Å²) in [5.74, 6) is 0.676. The van der Waals surface area contributed by atoms with Crippen LogP contribution in [0.3, 0.4) is 0 Å². The first kappa shape index (κ1) is 9.36. The predicted molar refractivity (Wildman–Crippen MR) is 33.7 cm³/mol. The average molecular weight is 240 g/mol. The Morgan fingerprint density at radius 1 is 1.44 bits per heavy atom. The summed E-state index contributed by atoms with van der Waals surface area (Å²) in [6.45, 7) is 6.50. The van der Waals surface area contributed by atoms with Crippen LogP contribution < -0.4 is 29.4 Å². The third-order valence-electron chi connectivity index (χ3n) is 1.96. The Hall–Kier alpha value is 0.360. The maximum absolute atomic E-state index is 4.19. The van der Waals surface area contributed by atoms with E-state index >= 15 is 0 Å². The molecule has 1 aliphatic rings. The second kappa shape index (κ2) is 3.51. The van der Waals surface area contributed by atoms with Gasteiger partial charge in [0.15, 0.2) is 0 Å². The van der Waals surface area contributed by atoms with E-state index in [4.69, 9.17) is 0 Å². The molecule has 0 saturated carbocycles. The van der Waals surface area contributed by atoms with E-state index in [1.807, 2.05) is 5.43 Å². The molecule has 1 rings (SSSR count). The molecule has 9 heavy (non-hydrogen) atoms. The van der Waals surface area contributed by atoms with Crippen LogP contribution in [0.15, 0.2) is 5.10 Å². The molecular formula is C6H13IN2. The molecule has 2 atom stereocenters. The standard InChI is InChI=1S/C6H12N2.HI/c1-4-5(2)7-8-6(4)3;/h4-5,7H,1-3H3;1H. The van der Waals surface area contributed by atoms with Gasteiger partial charge in [0.25, 0.3) is 0 Å². The molecule has 0 radical (unpaired) electrons. The highest BCUT2D eigenvalue weighted by atomic mass is 127. The topological polar surface area (TPSA) is 29.0 Å². The van der Waals surface area contributed by atoms with Gasteiger partial charge in [-0.1, -0.05) is 12.0 Å². The summed E-state index contributed by atoms with van der Waals surface area (Å²) >= 11 is 0. The van der Waals surface area contributed by atoms with Gasteiger partial charge in [-0.15, -0.1) is 0 Å². The molecule has 54 valence electrons. The normalized spacial score (nSPS) is 33.4. The molecule has 0 aromatic heterocycles. The van der Waals surface area contributed by atoms with Gasteiger partial charge in [-0.25, -0.2) is 5.43 Å². The van der Waals surface area contributed by atoms with Crippen LogP contribution in [0.4, 0.5) is 0 Å². The lowest BCUT2D eigenvalue weighted by atomic mass is 10.0. The van der Waals surface area contributed by atoms with E-state index in [0.717, 1.165) is 0 Å². The first-order valence-corrected chi connectivity index (χ1v) is 3.09. The van der Waals surface area contributed by atoms with Crippen molar-refractivity contribution in [2.75, 3.05) is 0 Å². The van der Waals surface area contributed by atoms with E-state index in [2.05, 4.69) is 25.9 Å². The summed E-state index contributed by atoms with van der Waals surface area (Å²) in [5.41, 5.74) is 3.30. The largest absolute Gasteiger partial charge is 1.00 e. The fraction of sp³-hybridized carbons (Fsp3) is 0.833. The second-order valence-electron chi connectivity index (χ2n) is 2.57. The summed E-state index contributed by atoms with van der Waals surface area (Å²) in [4.78, 5) is 0. The van der Waals surface area contributed by atoms with Crippen molar-refractivity contribution >= 4 is 5.71 Å². The third-order valence-corrected chi connectivity index (χ3v) is 1.96. The molecule has 0 amide bonds. The van der Waals surface area contributed by atoms with Gasteiger partial charge in [0.2, 0.25) is 0 Å². The zero-order valence-corrected chi connectivity index (χ0v) is 8.21. The lowest BCUT2D eigenvalue weighted by Gasteiger charge is -2.02. The third kappa shape index (κ3) is 1.89. The van der Waals surface area contributed by atoms with Gasteiger partial charge in [0.05, 0.1) is 11.6 Å². The summed E-state index contributed by atoms with van der Waals surface area (Å²) < 4.78 is 0. The molecule has 2 N–H and O–H groups in total. The molecule has 1 aliphatic heterocycles. The molecule has 3 heteroatoms. The number of quaternary nitrogens is 1. The van der Waals surface area contributed by atoms with Gasteiger partial charge < -0.3 is 24.0 Å². The molecule has 2 nitrogen and oxygen atoms in total. The van der Waals surface area contributed by atoms with Crippen LogP contribution in [0, 0.1) is 5.92 Å². The Morgan fingerprint density at radius 2 is 2.00 bits per heavy atom. The van der Waals surface area contributed by atoms with Crippen molar-refractivity contribution in [2.45, 2.75) is 26.8 Å². The zero-order valence-electron chi connectivity index (χ0n) is 6.06. The molecular weight excluding hydrogens is 227 g/mol. The van der Waals surface area contributed by atoms with Crippen LogP contribution in [0.1, 0.15) is 20.8 Å².